The first-order valence-electron chi connectivity index (χ1n) is 5.65. The van der Waals surface area contributed by atoms with Crippen molar-refractivity contribution in [3.63, 3.8) is 0 Å². The van der Waals surface area contributed by atoms with Gasteiger partial charge in [0.1, 0.15) is 0 Å². The average molecular weight is 209 g/mol. The lowest BCUT2D eigenvalue weighted by Gasteiger charge is -2.18. The van der Waals surface area contributed by atoms with E-state index in [-0.39, 0.29) is 5.41 Å². The van der Waals surface area contributed by atoms with Crippen LogP contribution in [-0.2, 0) is 5.41 Å². The Morgan fingerprint density at radius 2 is 1.50 bits per heavy atom. The summed E-state index contributed by atoms with van der Waals surface area (Å²) in [6.45, 7) is 6.63. The van der Waals surface area contributed by atoms with Crippen molar-refractivity contribution in [3.05, 3.63) is 60.2 Å². The second-order valence-corrected chi connectivity index (χ2v) is 5.11. The van der Waals surface area contributed by atoms with E-state index in [1.807, 2.05) is 6.07 Å². The van der Waals surface area contributed by atoms with Gasteiger partial charge in [0.25, 0.3) is 0 Å². The first-order chi connectivity index (χ1) is 7.57. The molecule has 16 heavy (non-hydrogen) atoms. The van der Waals surface area contributed by atoms with Crippen LogP contribution in [0.5, 0.6) is 0 Å². The van der Waals surface area contributed by atoms with E-state index in [0.29, 0.717) is 0 Å². The summed E-state index contributed by atoms with van der Waals surface area (Å²) < 4.78 is 0. The highest BCUT2D eigenvalue weighted by molar-refractivity contribution is 5.63. The van der Waals surface area contributed by atoms with Crippen molar-refractivity contribution in [2.75, 3.05) is 0 Å². The maximum atomic E-state index is 3.38. The molecule has 2 aromatic rings. The summed E-state index contributed by atoms with van der Waals surface area (Å²) in [7, 11) is 0. The fraction of sp³-hybridized carbons (Fsp3) is 0.250. The fourth-order valence-corrected chi connectivity index (χ4v) is 1.70. The Morgan fingerprint density at radius 3 is 2.00 bits per heavy atom. The van der Waals surface area contributed by atoms with Gasteiger partial charge in [0.2, 0.25) is 0 Å². The Bertz CT molecular complexity index is 444. The van der Waals surface area contributed by atoms with Gasteiger partial charge < -0.3 is 0 Å². The second kappa shape index (κ2) is 4.13. The summed E-state index contributed by atoms with van der Waals surface area (Å²) in [5.74, 6) is 0. The van der Waals surface area contributed by atoms with Gasteiger partial charge in [-0.1, -0.05) is 63.2 Å². The molecule has 0 aliphatic rings. The Labute approximate surface area is 97.9 Å². The highest BCUT2D eigenvalue weighted by Crippen LogP contribution is 2.25. The van der Waals surface area contributed by atoms with E-state index >= 15 is 0 Å². The molecule has 0 spiro atoms. The van der Waals surface area contributed by atoms with Gasteiger partial charge in [-0.2, -0.15) is 0 Å². The molecule has 81 valence electrons. The van der Waals surface area contributed by atoms with Crippen LogP contribution in [0, 0.1) is 6.07 Å². The second-order valence-electron chi connectivity index (χ2n) is 5.11. The van der Waals surface area contributed by atoms with E-state index in [1.165, 1.54) is 16.7 Å². The predicted octanol–water partition coefficient (Wildman–Crippen LogP) is 4.45. The number of hydrogen-bond donors (Lipinski definition) is 0. The highest BCUT2D eigenvalue weighted by atomic mass is 14.2. The molecule has 2 aromatic carbocycles. The molecule has 1 radical (unpaired) electrons. The van der Waals surface area contributed by atoms with Gasteiger partial charge >= 0.3 is 0 Å². The van der Waals surface area contributed by atoms with Crippen molar-refractivity contribution in [1.82, 2.24) is 0 Å². The first kappa shape index (κ1) is 10.9. The zero-order valence-electron chi connectivity index (χ0n) is 10.1. The van der Waals surface area contributed by atoms with Crippen LogP contribution in [0.1, 0.15) is 26.3 Å². The summed E-state index contributed by atoms with van der Waals surface area (Å²) in [6, 6.07) is 20.2. The molecule has 0 unspecified atom stereocenters. The minimum absolute atomic E-state index is 0.176. The molecule has 2 rings (SSSR count). The Balaban J connectivity index is 2.34. The van der Waals surface area contributed by atoms with Gasteiger partial charge in [-0.25, -0.2) is 0 Å². The van der Waals surface area contributed by atoms with Crippen molar-refractivity contribution in [1.29, 1.82) is 0 Å². The van der Waals surface area contributed by atoms with Gasteiger partial charge in [0, 0.05) is 0 Å². The number of benzene rings is 2. The van der Waals surface area contributed by atoms with Gasteiger partial charge in [-0.3, -0.25) is 0 Å². The Kier molecular flexibility index (Phi) is 2.82. The van der Waals surface area contributed by atoms with Crippen LogP contribution in [0.25, 0.3) is 11.1 Å². The van der Waals surface area contributed by atoms with Crippen LogP contribution < -0.4 is 0 Å². The lowest BCUT2D eigenvalue weighted by atomic mass is 9.86. The molecule has 0 heterocycles. The lowest BCUT2D eigenvalue weighted by Crippen LogP contribution is -2.10. The van der Waals surface area contributed by atoms with Crippen LogP contribution in [0.2, 0.25) is 0 Å². The largest absolute Gasteiger partial charge is 0.0622 e. The Morgan fingerprint density at radius 1 is 0.812 bits per heavy atom. The summed E-state index contributed by atoms with van der Waals surface area (Å²) in [5, 5.41) is 0. The molecule has 0 atom stereocenters. The number of rotatable bonds is 1. The van der Waals surface area contributed by atoms with Gasteiger partial charge in [0.15, 0.2) is 0 Å². The topological polar surface area (TPSA) is 0 Å². The summed E-state index contributed by atoms with van der Waals surface area (Å²) in [4.78, 5) is 0. The number of hydrogen-bond acceptors (Lipinski definition) is 0. The highest BCUT2D eigenvalue weighted by Gasteiger charge is 2.13. The predicted molar refractivity (Wildman–Crippen MR) is 69.4 cm³/mol. The van der Waals surface area contributed by atoms with Crippen molar-refractivity contribution in [2.24, 2.45) is 0 Å². The Hall–Kier alpha value is -1.56. The summed E-state index contributed by atoms with van der Waals surface area (Å²) in [6.07, 6.45) is 0. The van der Waals surface area contributed by atoms with E-state index in [0.717, 1.165) is 0 Å². The maximum Gasteiger partial charge on any atom is -0.0126 e. The van der Waals surface area contributed by atoms with Crippen LogP contribution >= 0.6 is 0 Å². The third-order valence-corrected chi connectivity index (χ3v) is 2.73. The molecule has 0 saturated carbocycles. The van der Waals surface area contributed by atoms with Crippen molar-refractivity contribution < 1.29 is 0 Å². The standard InChI is InChI=1S/C16H17/c1-16(2,3)15-11-9-14(10-12-15)13-7-5-4-6-8-13/h4-11H,1-3H3. The third-order valence-electron chi connectivity index (χ3n) is 2.73. The summed E-state index contributed by atoms with van der Waals surface area (Å²) in [5.41, 5.74) is 3.91. The van der Waals surface area contributed by atoms with E-state index in [9.17, 15) is 0 Å². The summed E-state index contributed by atoms with van der Waals surface area (Å²) >= 11 is 0. The third kappa shape index (κ3) is 2.33. The molecule has 0 fully saturated rings. The SMILES string of the molecule is CC(C)(C)c1[c]cc(-c2ccccc2)cc1. The van der Waals surface area contributed by atoms with Crippen LogP contribution in [0.3, 0.4) is 0 Å². The molecular weight excluding hydrogens is 192 g/mol. The minimum atomic E-state index is 0.176. The van der Waals surface area contributed by atoms with Crippen molar-refractivity contribution in [3.8, 4) is 11.1 Å². The lowest BCUT2D eigenvalue weighted by molar-refractivity contribution is 0.589. The van der Waals surface area contributed by atoms with Gasteiger partial charge in [-0.15, -0.1) is 0 Å². The smallest absolute Gasteiger partial charge is 0.0126 e. The van der Waals surface area contributed by atoms with Crippen LogP contribution in [0.15, 0.2) is 48.5 Å². The molecule has 0 aliphatic heterocycles. The monoisotopic (exact) mass is 209 g/mol. The van der Waals surface area contributed by atoms with Gasteiger partial charge in [-0.05, 0) is 34.2 Å². The first-order valence-corrected chi connectivity index (χ1v) is 5.65. The minimum Gasteiger partial charge on any atom is -0.0622 e. The average Bonchev–Trinajstić information content (AvgIpc) is 2.29. The van der Waals surface area contributed by atoms with Crippen molar-refractivity contribution in [2.45, 2.75) is 26.2 Å². The molecule has 0 saturated heterocycles. The quantitative estimate of drug-likeness (QED) is 0.651. The van der Waals surface area contributed by atoms with Gasteiger partial charge in [0.05, 0.1) is 0 Å². The molecular formula is C16H17. The zero-order chi connectivity index (χ0) is 11.6. The van der Waals surface area contributed by atoms with E-state index < -0.39 is 0 Å². The molecule has 0 nitrogen and oxygen atoms in total. The van der Waals surface area contributed by atoms with E-state index in [2.05, 4.69) is 69.3 Å². The maximum absolute atomic E-state index is 3.38. The zero-order valence-corrected chi connectivity index (χ0v) is 10.1. The fourth-order valence-electron chi connectivity index (χ4n) is 1.70. The molecule has 0 heteroatoms. The molecule has 0 amide bonds. The normalized spacial score (nSPS) is 11.4. The van der Waals surface area contributed by atoms with Crippen LogP contribution in [-0.4, -0.2) is 0 Å². The molecule has 0 aliphatic carbocycles. The molecule has 0 aromatic heterocycles. The molecule has 0 N–H and O–H groups in total. The van der Waals surface area contributed by atoms with E-state index in [1.54, 1.807) is 0 Å². The molecule has 0 bridgehead atoms. The van der Waals surface area contributed by atoms with E-state index in [4.69, 9.17) is 0 Å². The van der Waals surface area contributed by atoms with Crippen LogP contribution in [0.4, 0.5) is 0 Å². The van der Waals surface area contributed by atoms with Crippen molar-refractivity contribution >= 4 is 0 Å².